The molecule has 2 aliphatic heterocycles. The topological polar surface area (TPSA) is 58.1 Å². The van der Waals surface area contributed by atoms with E-state index in [-0.39, 0.29) is 5.91 Å². The number of amides is 1. The fourth-order valence-corrected chi connectivity index (χ4v) is 3.73. The molecule has 4 rings (SSSR count). The van der Waals surface area contributed by atoms with E-state index in [0.717, 1.165) is 48.6 Å². The molecule has 1 atom stereocenters. The zero-order valence-electron chi connectivity index (χ0n) is 14.7. The normalized spacial score (nSPS) is 19.7. The number of hydrogen-bond acceptors (Lipinski definition) is 4. The Hall–Kier alpha value is -2.27. The quantitative estimate of drug-likeness (QED) is 0.935. The summed E-state index contributed by atoms with van der Waals surface area (Å²) in [5.74, 6) is 1.09. The Labute approximate surface area is 148 Å². The summed E-state index contributed by atoms with van der Waals surface area (Å²) in [5.41, 5.74) is 4.47. The number of benzene rings is 1. The molecule has 1 amide bonds. The number of nitrogens with one attached hydrogen (secondary N) is 1. The first-order valence-corrected chi connectivity index (χ1v) is 9.10. The van der Waals surface area contributed by atoms with Crippen LogP contribution in [-0.4, -0.2) is 33.9 Å². The van der Waals surface area contributed by atoms with Crippen molar-refractivity contribution < 1.29 is 4.79 Å². The van der Waals surface area contributed by atoms with E-state index in [1.807, 2.05) is 23.2 Å². The zero-order valence-corrected chi connectivity index (χ0v) is 14.7. The second-order valence-electron chi connectivity index (χ2n) is 7.08. The van der Waals surface area contributed by atoms with Crippen LogP contribution >= 0.6 is 0 Å². The van der Waals surface area contributed by atoms with E-state index in [4.69, 9.17) is 4.98 Å². The van der Waals surface area contributed by atoms with Crippen molar-refractivity contribution in [2.75, 3.05) is 13.1 Å². The minimum absolute atomic E-state index is 0.179. The number of fused-ring (bicyclic) bond motifs is 1. The second kappa shape index (κ2) is 6.92. The standard InChI is InChI=1S/C20H24N4O/c1-14-4-2-5-15(10-14)11-19(25)24-9-7-17-16(13-24)12-22-20(23-17)18-6-3-8-21-18/h2,4-5,10,12,18,21H,3,6-9,11,13H2,1H3/t18-/m1/s1. The minimum Gasteiger partial charge on any atom is -0.338 e. The first kappa shape index (κ1) is 16.2. The van der Waals surface area contributed by atoms with Gasteiger partial charge in [-0.2, -0.15) is 0 Å². The van der Waals surface area contributed by atoms with Gasteiger partial charge in [0, 0.05) is 31.3 Å². The fourth-order valence-electron chi connectivity index (χ4n) is 3.73. The molecule has 3 heterocycles. The molecule has 1 N–H and O–H groups in total. The molecule has 0 spiro atoms. The number of hydrogen-bond donors (Lipinski definition) is 1. The van der Waals surface area contributed by atoms with Crippen LogP contribution in [0.5, 0.6) is 0 Å². The fraction of sp³-hybridized carbons (Fsp3) is 0.450. The molecule has 0 unspecified atom stereocenters. The molecule has 1 aromatic heterocycles. The Kier molecular flexibility index (Phi) is 4.49. The molecule has 0 saturated carbocycles. The molecule has 2 aliphatic rings. The molecule has 25 heavy (non-hydrogen) atoms. The summed E-state index contributed by atoms with van der Waals surface area (Å²) in [4.78, 5) is 23.9. The number of carbonyl (C=O) groups is 1. The van der Waals surface area contributed by atoms with Crippen molar-refractivity contribution in [1.29, 1.82) is 0 Å². The highest BCUT2D eigenvalue weighted by Gasteiger charge is 2.25. The summed E-state index contributed by atoms with van der Waals surface area (Å²) in [6, 6.07) is 8.47. The van der Waals surface area contributed by atoms with Crippen molar-refractivity contribution in [3.8, 4) is 0 Å². The number of aromatic nitrogens is 2. The highest BCUT2D eigenvalue weighted by atomic mass is 16.2. The predicted octanol–water partition coefficient (Wildman–Crippen LogP) is 2.34. The summed E-state index contributed by atoms with van der Waals surface area (Å²) < 4.78 is 0. The molecule has 1 saturated heterocycles. The highest BCUT2D eigenvalue weighted by Crippen LogP contribution is 2.23. The number of rotatable bonds is 3. The maximum absolute atomic E-state index is 12.6. The van der Waals surface area contributed by atoms with E-state index >= 15 is 0 Å². The lowest BCUT2D eigenvalue weighted by molar-refractivity contribution is -0.131. The monoisotopic (exact) mass is 336 g/mol. The molecule has 0 aliphatic carbocycles. The van der Waals surface area contributed by atoms with Gasteiger partial charge in [0.25, 0.3) is 0 Å². The Morgan fingerprint density at radius 3 is 3.12 bits per heavy atom. The van der Waals surface area contributed by atoms with Gasteiger partial charge in [-0.15, -0.1) is 0 Å². The van der Waals surface area contributed by atoms with Crippen LogP contribution in [0, 0.1) is 6.92 Å². The first-order valence-electron chi connectivity index (χ1n) is 9.10. The van der Waals surface area contributed by atoms with Crippen molar-refractivity contribution in [3.05, 3.63) is 58.7 Å². The lowest BCUT2D eigenvalue weighted by Crippen LogP contribution is -2.37. The smallest absolute Gasteiger partial charge is 0.227 e. The van der Waals surface area contributed by atoms with E-state index in [1.54, 1.807) is 0 Å². The molecule has 130 valence electrons. The molecule has 2 aromatic rings. The predicted molar refractivity (Wildman–Crippen MR) is 96.0 cm³/mol. The second-order valence-corrected chi connectivity index (χ2v) is 7.08. The summed E-state index contributed by atoms with van der Waals surface area (Å²) in [6.07, 6.45) is 5.50. The van der Waals surface area contributed by atoms with E-state index in [0.29, 0.717) is 19.0 Å². The Morgan fingerprint density at radius 1 is 1.40 bits per heavy atom. The first-order chi connectivity index (χ1) is 12.2. The molecule has 5 nitrogen and oxygen atoms in total. The molecule has 0 radical (unpaired) electrons. The minimum atomic E-state index is 0.179. The van der Waals surface area contributed by atoms with Crippen molar-refractivity contribution in [3.63, 3.8) is 0 Å². The largest absolute Gasteiger partial charge is 0.338 e. The average molecular weight is 336 g/mol. The Bertz CT molecular complexity index is 783. The molecule has 1 aromatic carbocycles. The number of aryl methyl sites for hydroxylation is 1. The Balaban J connectivity index is 1.44. The molecular weight excluding hydrogens is 312 g/mol. The van der Waals surface area contributed by atoms with Crippen LogP contribution < -0.4 is 5.32 Å². The zero-order chi connectivity index (χ0) is 17.2. The van der Waals surface area contributed by atoms with Crippen LogP contribution in [0.15, 0.2) is 30.5 Å². The van der Waals surface area contributed by atoms with Crippen molar-refractivity contribution in [2.45, 2.75) is 45.2 Å². The van der Waals surface area contributed by atoms with Crippen LogP contribution in [-0.2, 0) is 24.2 Å². The van der Waals surface area contributed by atoms with E-state index in [9.17, 15) is 4.79 Å². The molecular formula is C20H24N4O. The number of carbonyl (C=O) groups excluding carboxylic acids is 1. The summed E-state index contributed by atoms with van der Waals surface area (Å²) >= 11 is 0. The van der Waals surface area contributed by atoms with Gasteiger partial charge in [0.1, 0.15) is 5.82 Å². The summed E-state index contributed by atoms with van der Waals surface area (Å²) in [5, 5.41) is 3.45. The maximum atomic E-state index is 12.6. The average Bonchev–Trinajstić information content (AvgIpc) is 3.15. The van der Waals surface area contributed by atoms with Gasteiger partial charge < -0.3 is 10.2 Å². The van der Waals surface area contributed by atoms with Crippen molar-refractivity contribution >= 4 is 5.91 Å². The van der Waals surface area contributed by atoms with Gasteiger partial charge in [-0.25, -0.2) is 9.97 Å². The lowest BCUT2D eigenvalue weighted by Gasteiger charge is -2.28. The van der Waals surface area contributed by atoms with E-state index < -0.39 is 0 Å². The molecule has 5 heteroatoms. The third kappa shape index (κ3) is 3.56. The van der Waals surface area contributed by atoms with Gasteiger partial charge in [-0.05, 0) is 31.9 Å². The van der Waals surface area contributed by atoms with E-state index in [1.165, 1.54) is 12.0 Å². The number of nitrogens with zero attached hydrogens (tertiary/aromatic N) is 3. The maximum Gasteiger partial charge on any atom is 0.227 e. The van der Waals surface area contributed by atoms with Gasteiger partial charge in [0.15, 0.2) is 0 Å². The van der Waals surface area contributed by atoms with Crippen LogP contribution in [0.4, 0.5) is 0 Å². The molecule has 0 bridgehead atoms. The van der Waals surface area contributed by atoms with Gasteiger partial charge in [-0.1, -0.05) is 29.8 Å². The van der Waals surface area contributed by atoms with Crippen molar-refractivity contribution in [2.24, 2.45) is 0 Å². The van der Waals surface area contributed by atoms with Crippen LogP contribution in [0.2, 0.25) is 0 Å². The third-order valence-electron chi connectivity index (χ3n) is 5.12. The van der Waals surface area contributed by atoms with Gasteiger partial charge in [0.05, 0.1) is 18.2 Å². The summed E-state index contributed by atoms with van der Waals surface area (Å²) in [7, 11) is 0. The summed E-state index contributed by atoms with van der Waals surface area (Å²) in [6.45, 7) is 4.47. The van der Waals surface area contributed by atoms with Crippen LogP contribution in [0.3, 0.4) is 0 Å². The van der Waals surface area contributed by atoms with Gasteiger partial charge in [0.2, 0.25) is 5.91 Å². The van der Waals surface area contributed by atoms with Crippen molar-refractivity contribution in [1.82, 2.24) is 20.2 Å². The highest BCUT2D eigenvalue weighted by molar-refractivity contribution is 5.79. The van der Waals surface area contributed by atoms with Crippen LogP contribution in [0.1, 0.15) is 47.1 Å². The van der Waals surface area contributed by atoms with Gasteiger partial charge >= 0.3 is 0 Å². The Morgan fingerprint density at radius 2 is 2.32 bits per heavy atom. The molecule has 1 fully saturated rings. The van der Waals surface area contributed by atoms with Crippen LogP contribution in [0.25, 0.3) is 0 Å². The SMILES string of the molecule is Cc1cccc(CC(=O)N2CCc3nc([C@H]4CCCN4)ncc3C2)c1. The lowest BCUT2D eigenvalue weighted by atomic mass is 10.0. The third-order valence-corrected chi connectivity index (χ3v) is 5.12. The van der Waals surface area contributed by atoms with Gasteiger partial charge in [-0.3, -0.25) is 4.79 Å². The van der Waals surface area contributed by atoms with E-state index in [2.05, 4.69) is 29.4 Å².